The number of nitrogens with one attached hydrogen (secondary N) is 1. The van der Waals surface area contributed by atoms with E-state index in [1.165, 1.54) is 25.1 Å². The van der Waals surface area contributed by atoms with Crippen molar-refractivity contribution in [2.45, 2.75) is 18.6 Å². The molecule has 1 aromatic rings. The quantitative estimate of drug-likeness (QED) is 0.834. The maximum absolute atomic E-state index is 12.7. The lowest BCUT2D eigenvalue weighted by Crippen LogP contribution is -2.25. The summed E-state index contributed by atoms with van der Waals surface area (Å²) in [6.45, 7) is 1.50. The minimum atomic E-state index is -3.66. The van der Waals surface area contributed by atoms with Crippen molar-refractivity contribution >= 4 is 23.2 Å². The van der Waals surface area contributed by atoms with Gasteiger partial charge in [0.15, 0.2) is 11.5 Å². The van der Waals surface area contributed by atoms with E-state index < -0.39 is 17.6 Å². The van der Waals surface area contributed by atoms with Crippen LogP contribution in [0.15, 0.2) is 18.2 Å². The molecule has 1 aromatic carbocycles. The Balaban J connectivity index is 2.17. The highest BCUT2D eigenvalue weighted by molar-refractivity contribution is 6.32. The Morgan fingerprint density at radius 3 is 2.71 bits per heavy atom. The van der Waals surface area contributed by atoms with Gasteiger partial charge in [0, 0.05) is 11.8 Å². The molecule has 0 saturated heterocycles. The molecule has 1 N–H and O–H groups in total. The van der Waals surface area contributed by atoms with Gasteiger partial charge in [-0.1, -0.05) is 0 Å². The van der Waals surface area contributed by atoms with E-state index in [-0.39, 0.29) is 11.5 Å². The molecule has 1 aliphatic heterocycles. The summed E-state index contributed by atoms with van der Waals surface area (Å²) < 4.78 is 33.9. The molecule has 0 radical (unpaired) electrons. The van der Waals surface area contributed by atoms with Crippen LogP contribution in [0, 0.1) is 0 Å². The number of anilines is 1. The van der Waals surface area contributed by atoms with Crippen molar-refractivity contribution in [2.75, 3.05) is 5.32 Å². The Morgan fingerprint density at radius 1 is 1.41 bits per heavy atom. The Bertz CT molecular complexity index is 465. The molecule has 0 saturated carbocycles. The van der Waals surface area contributed by atoms with Gasteiger partial charge in [-0.05, 0) is 19.1 Å². The van der Waals surface area contributed by atoms with Crippen molar-refractivity contribution in [2.24, 2.45) is 0 Å². The van der Waals surface area contributed by atoms with Crippen molar-refractivity contribution in [3.63, 3.8) is 0 Å². The third kappa shape index (κ3) is 2.58. The summed E-state index contributed by atoms with van der Waals surface area (Å²) >= 11 is 5.55. The molecule has 1 aliphatic rings. The monoisotopic (exact) mass is 263 g/mol. The summed E-state index contributed by atoms with van der Waals surface area (Å²) in [5.41, 5.74) is 0.308. The fourth-order valence-electron chi connectivity index (χ4n) is 1.27. The molecule has 0 aromatic heterocycles. The van der Waals surface area contributed by atoms with Gasteiger partial charge in [0.25, 0.3) is 0 Å². The minimum Gasteiger partial charge on any atom is -0.395 e. The van der Waals surface area contributed by atoms with Gasteiger partial charge in [-0.2, -0.15) is 0 Å². The molecule has 92 valence electrons. The van der Waals surface area contributed by atoms with Crippen LogP contribution in [0.5, 0.6) is 11.5 Å². The first kappa shape index (κ1) is 11.9. The van der Waals surface area contributed by atoms with E-state index in [9.17, 15) is 13.6 Å². The van der Waals surface area contributed by atoms with Crippen LogP contribution < -0.4 is 14.8 Å². The molecule has 1 amide bonds. The van der Waals surface area contributed by atoms with E-state index >= 15 is 0 Å². The van der Waals surface area contributed by atoms with Crippen molar-refractivity contribution < 1.29 is 23.0 Å². The van der Waals surface area contributed by atoms with Crippen LogP contribution >= 0.6 is 11.6 Å². The molecule has 2 rings (SSSR count). The van der Waals surface area contributed by atoms with Crippen molar-refractivity contribution in [1.29, 1.82) is 0 Å². The molecule has 0 aliphatic carbocycles. The lowest BCUT2D eigenvalue weighted by atomic mass is 10.2. The number of hydrogen-bond acceptors (Lipinski definition) is 3. The highest BCUT2D eigenvalue weighted by Gasteiger charge is 2.43. The lowest BCUT2D eigenvalue weighted by Gasteiger charge is -2.06. The minimum absolute atomic E-state index is 0.0769. The number of amides is 1. The predicted molar refractivity (Wildman–Crippen MR) is 56.6 cm³/mol. The van der Waals surface area contributed by atoms with E-state index in [1.807, 2.05) is 0 Å². The third-order valence-corrected chi connectivity index (χ3v) is 2.23. The second kappa shape index (κ2) is 4.03. The first-order valence-corrected chi connectivity index (χ1v) is 5.16. The van der Waals surface area contributed by atoms with Gasteiger partial charge in [0.2, 0.25) is 5.91 Å². The van der Waals surface area contributed by atoms with E-state index in [1.54, 1.807) is 0 Å². The van der Waals surface area contributed by atoms with Crippen LogP contribution in [0.3, 0.4) is 0 Å². The van der Waals surface area contributed by atoms with Crippen LogP contribution in [-0.4, -0.2) is 17.6 Å². The Morgan fingerprint density at radius 2 is 2.06 bits per heavy atom. The van der Waals surface area contributed by atoms with E-state index in [0.29, 0.717) is 5.69 Å². The zero-order valence-corrected chi connectivity index (χ0v) is 9.42. The van der Waals surface area contributed by atoms with Gasteiger partial charge >= 0.3 is 6.29 Å². The number of carbonyl (C=O) groups is 1. The van der Waals surface area contributed by atoms with Crippen LogP contribution in [0.25, 0.3) is 0 Å². The summed E-state index contributed by atoms with van der Waals surface area (Å²) in [5.74, 6) is -0.640. The second-order valence-corrected chi connectivity index (χ2v) is 4.09. The first-order valence-electron chi connectivity index (χ1n) is 4.72. The third-order valence-electron chi connectivity index (χ3n) is 2.03. The van der Waals surface area contributed by atoms with E-state index in [2.05, 4.69) is 14.8 Å². The number of rotatable bonds is 2. The Kier molecular flexibility index (Phi) is 2.82. The van der Waals surface area contributed by atoms with Crippen LogP contribution in [0.1, 0.15) is 6.92 Å². The molecule has 0 fully saturated rings. The summed E-state index contributed by atoms with van der Waals surface area (Å²) in [7, 11) is 0. The zero-order valence-electron chi connectivity index (χ0n) is 8.67. The fraction of sp³-hybridized carbons (Fsp3) is 0.300. The van der Waals surface area contributed by atoms with Crippen LogP contribution in [-0.2, 0) is 4.79 Å². The van der Waals surface area contributed by atoms with Crippen molar-refractivity contribution in [3.05, 3.63) is 18.2 Å². The molecule has 1 atom stereocenters. The fourth-order valence-corrected chi connectivity index (χ4v) is 1.32. The molecule has 1 heterocycles. The Hall–Kier alpha value is -1.56. The topological polar surface area (TPSA) is 47.6 Å². The molecule has 4 nitrogen and oxygen atoms in total. The van der Waals surface area contributed by atoms with Gasteiger partial charge in [-0.3, -0.25) is 4.79 Å². The van der Waals surface area contributed by atoms with Gasteiger partial charge in [0.1, 0.15) is 5.38 Å². The average Bonchev–Trinajstić information content (AvgIpc) is 2.50. The predicted octanol–water partition coefficient (Wildman–Crippen LogP) is 2.57. The van der Waals surface area contributed by atoms with E-state index in [4.69, 9.17) is 11.6 Å². The number of alkyl halides is 3. The number of benzene rings is 1. The molecule has 1 unspecified atom stereocenters. The normalized spacial score (nSPS) is 17.6. The lowest BCUT2D eigenvalue weighted by molar-refractivity contribution is -0.286. The number of ether oxygens (including phenoxy) is 2. The number of hydrogen-bond donors (Lipinski definition) is 1. The van der Waals surface area contributed by atoms with Crippen LogP contribution in [0.4, 0.5) is 14.5 Å². The maximum Gasteiger partial charge on any atom is 0.586 e. The maximum atomic E-state index is 12.7. The SMILES string of the molecule is CC(Cl)C(=O)Nc1ccc2c(c1)OC(F)(F)O2. The van der Waals surface area contributed by atoms with E-state index in [0.717, 1.165) is 0 Å². The standard InChI is InChI=1S/C10H8ClF2NO3/c1-5(11)9(15)14-6-2-3-7-8(4-6)17-10(12,13)16-7/h2-5H,1H3,(H,14,15). The highest BCUT2D eigenvalue weighted by Crippen LogP contribution is 2.42. The average molecular weight is 264 g/mol. The second-order valence-electron chi connectivity index (χ2n) is 3.43. The summed E-state index contributed by atoms with van der Waals surface area (Å²) in [6, 6.07) is 3.94. The highest BCUT2D eigenvalue weighted by atomic mass is 35.5. The van der Waals surface area contributed by atoms with Crippen LogP contribution in [0.2, 0.25) is 0 Å². The number of carbonyl (C=O) groups excluding carboxylic acids is 1. The number of halogens is 3. The van der Waals surface area contributed by atoms with Gasteiger partial charge in [-0.25, -0.2) is 0 Å². The van der Waals surface area contributed by atoms with Crippen molar-refractivity contribution in [3.8, 4) is 11.5 Å². The summed E-state index contributed by atoms with van der Waals surface area (Å²) in [4.78, 5) is 11.3. The zero-order chi connectivity index (χ0) is 12.6. The molecule has 0 spiro atoms. The smallest absolute Gasteiger partial charge is 0.395 e. The molecular weight excluding hydrogens is 256 g/mol. The largest absolute Gasteiger partial charge is 0.586 e. The van der Waals surface area contributed by atoms with Gasteiger partial charge in [0.05, 0.1) is 0 Å². The molecule has 0 bridgehead atoms. The number of fused-ring (bicyclic) bond motifs is 1. The first-order chi connectivity index (χ1) is 7.87. The Labute approximate surface area is 100 Å². The van der Waals surface area contributed by atoms with Gasteiger partial charge < -0.3 is 14.8 Å². The summed E-state index contributed by atoms with van der Waals surface area (Å²) in [5, 5.41) is 1.73. The molecular formula is C10H8ClF2NO3. The summed E-state index contributed by atoms with van der Waals surface area (Å²) in [6.07, 6.45) is -3.66. The van der Waals surface area contributed by atoms with Gasteiger partial charge in [-0.15, -0.1) is 20.4 Å². The van der Waals surface area contributed by atoms with Crippen molar-refractivity contribution in [1.82, 2.24) is 0 Å². The molecule has 17 heavy (non-hydrogen) atoms. The molecule has 7 heteroatoms.